The molecule has 0 fully saturated rings. The van der Waals surface area contributed by atoms with Gasteiger partial charge in [-0.15, -0.1) is 0 Å². The molecule has 0 aromatic heterocycles. The molecule has 1 unspecified atom stereocenters. The van der Waals surface area contributed by atoms with Crippen LogP contribution in [-0.2, 0) is 27.2 Å². The average Bonchev–Trinajstić information content (AvgIpc) is 2.49. The van der Waals surface area contributed by atoms with Gasteiger partial charge in [0.2, 0.25) is 0 Å². The first-order valence-electron chi connectivity index (χ1n) is 5.56. The summed E-state index contributed by atoms with van der Waals surface area (Å²) in [6, 6.07) is 2.70. The van der Waals surface area contributed by atoms with Gasteiger partial charge < -0.3 is 0 Å². The lowest BCUT2D eigenvalue weighted by atomic mass is 10.1. The summed E-state index contributed by atoms with van der Waals surface area (Å²) in [4.78, 5) is 10.7. The molecule has 0 N–H and O–H groups in total. The third-order valence-electron chi connectivity index (χ3n) is 3.10. The molecular formula is C12H11F3O3S. The van der Waals surface area contributed by atoms with E-state index in [2.05, 4.69) is 0 Å². The summed E-state index contributed by atoms with van der Waals surface area (Å²) < 4.78 is 61.9. The van der Waals surface area contributed by atoms with Crippen molar-refractivity contribution in [3.8, 4) is 0 Å². The monoisotopic (exact) mass is 292 g/mol. The number of carbonyl (C=O) groups is 1. The number of halogens is 3. The molecule has 3 nitrogen and oxygen atoms in total. The van der Waals surface area contributed by atoms with Gasteiger partial charge in [0, 0.05) is 6.42 Å². The fourth-order valence-corrected chi connectivity index (χ4v) is 4.22. The maximum absolute atomic E-state index is 12.6. The third kappa shape index (κ3) is 2.51. The van der Waals surface area contributed by atoms with Gasteiger partial charge in [0.05, 0.1) is 15.7 Å². The number of Topliss-reactive ketones (excluding diaryl/α,β-unsaturated/α-hetero) is 1. The second-order valence-electron chi connectivity index (χ2n) is 4.60. The number of benzene rings is 1. The first kappa shape index (κ1) is 14.0. The van der Waals surface area contributed by atoms with Crippen LogP contribution in [0.1, 0.15) is 24.5 Å². The van der Waals surface area contributed by atoms with Gasteiger partial charge in [-0.3, -0.25) is 4.79 Å². The molecule has 0 spiro atoms. The molecule has 1 aliphatic heterocycles. The lowest BCUT2D eigenvalue weighted by molar-refractivity contribution is -0.137. The maximum Gasteiger partial charge on any atom is 0.416 e. The summed E-state index contributed by atoms with van der Waals surface area (Å²) in [7, 11) is -3.85. The number of hydrogen-bond acceptors (Lipinski definition) is 3. The Labute approximate surface area is 108 Å². The molecule has 1 aromatic rings. The van der Waals surface area contributed by atoms with Crippen LogP contribution < -0.4 is 0 Å². The second kappa shape index (κ2) is 4.33. The van der Waals surface area contributed by atoms with Crippen LogP contribution in [0, 0.1) is 0 Å². The number of ketones is 1. The molecule has 0 amide bonds. The van der Waals surface area contributed by atoms with Crippen LogP contribution >= 0.6 is 0 Å². The van der Waals surface area contributed by atoms with E-state index in [9.17, 15) is 26.4 Å². The summed E-state index contributed by atoms with van der Waals surface area (Å²) in [6.45, 7) is 1.26. The SMILES string of the molecule is CC(=O)CC1Cc2ccc(C(F)(F)F)cc2S1(=O)=O. The molecule has 1 heterocycles. The first-order valence-corrected chi connectivity index (χ1v) is 7.10. The molecule has 104 valence electrons. The highest BCUT2D eigenvalue weighted by molar-refractivity contribution is 7.92. The van der Waals surface area contributed by atoms with E-state index in [0.717, 1.165) is 6.07 Å². The van der Waals surface area contributed by atoms with Crippen molar-refractivity contribution >= 4 is 15.6 Å². The number of rotatable bonds is 2. The Morgan fingerprint density at radius 3 is 2.53 bits per heavy atom. The second-order valence-corrected chi connectivity index (χ2v) is 6.79. The van der Waals surface area contributed by atoms with E-state index in [-0.39, 0.29) is 23.5 Å². The highest BCUT2D eigenvalue weighted by Crippen LogP contribution is 2.37. The quantitative estimate of drug-likeness (QED) is 0.841. The average molecular weight is 292 g/mol. The van der Waals surface area contributed by atoms with Crippen molar-refractivity contribution in [1.29, 1.82) is 0 Å². The highest BCUT2D eigenvalue weighted by atomic mass is 32.2. The molecular weight excluding hydrogens is 281 g/mol. The minimum atomic E-state index is -4.58. The smallest absolute Gasteiger partial charge is 0.300 e. The molecule has 7 heteroatoms. The minimum absolute atomic E-state index is 0.0926. The summed E-state index contributed by atoms with van der Waals surface area (Å²) >= 11 is 0. The van der Waals surface area contributed by atoms with Gasteiger partial charge in [-0.1, -0.05) is 6.07 Å². The zero-order valence-corrected chi connectivity index (χ0v) is 10.8. The number of hydrogen-bond donors (Lipinski definition) is 0. The number of fused-ring (bicyclic) bond motifs is 1. The molecule has 19 heavy (non-hydrogen) atoms. The van der Waals surface area contributed by atoms with Crippen molar-refractivity contribution in [3.63, 3.8) is 0 Å². The molecule has 2 rings (SSSR count). The topological polar surface area (TPSA) is 51.2 Å². The van der Waals surface area contributed by atoms with Crippen molar-refractivity contribution in [2.45, 2.75) is 36.1 Å². The lowest BCUT2D eigenvalue weighted by Crippen LogP contribution is -2.20. The molecule has 1 atom stereocenters. The van der Waals surface area contributed by atoms with Crippen LogP contribution in [0.2, 0.25) is 0 Å². The number of carbonyl (C=O) groups excluding carboxylic acids is 1. The van der Waals surface area contributed by atoms with Crippen molar-refractivity contribution in [2.24, 2.45) is 0 Å². The van der Waals surface area contributed by atoms with Crippen molar-refractivity contribution in [3.05, 3.63) is 29.3 Å². The summed E-state index contributed by atoms with van der Waals surface area (Å²) in [6.07, 6.45) is -4.66. The zero-order valence-electron chi connectivity index (χ0n) is 9.99. The summed E-state index contributed by atoms with van der Waals surface area (Å²) in [5.41, 5.74) is -0.641. The van der Waals surface area contributed by atoms with Gasteiger partial charge in [0.25, 0.3) is 0 Å². The predicted molar refractivity (Wildman–Crippen MR) is 61.4 cm³/mol. The summed E-state index contributed by atoms with van der Waals surface area (Å²) in [5.74, 6) is -0.294. The summed E-state index contributed by atoms with van der Waals surface area (Å²) in [5, 5.41) is -0.941. The van der Waals surface area contributed by atoms with Crippen LogP contribution in [0.5, 0.6) is 0 Å². The Balaban J connectivity index is 2.48. The first-order chi connectivity index (χ1) is 8.62. The predicted octanol–water partition coefficient (Wildman–Crippen LogP) is 2.38. The van der Waals surface area contributed by atoms with Crippen molar-refractivity contribution in [2.75, 3.05) is 0 Å². The van der Waals surface area contributed by atoms with Crippen LogP contribution in [0.3, 0.4) is 0 Å². The lowest BCUT2D eigenvalue weighted by Gasteiger charge is -2.08. The van der Waals surface area contributed by atoms with E-state index < -0.39 is 26.8 Å². The molecule has 1 aliphatic rings. The van der Waals surface area contributed by atoms with Gasteiger partial charge in [0.1, 0.15) is 5.78 Å². The van der Waals surface area contributed by atoms with Crippen LogP contribution in [0.25, 0.3) is 0 Å². The van der Waals surface area contributed by atoms with Crippen LogP contribution in [0.15, 0.2) is 23.1 Å². The highest BCUT2D eigenvalue weighted by Gasteiger charge is 2.40. The van der Waals surface area contributed by atoms with Gasteiger partial charge in [-0.2, -0.15) is 13.2 Å². The van der Waals surface area contributed by atoms with Gasteiger partial charge >= 0.3 is 6.18 Å². The van der Waals surface area contributed by atoms with Crippen LogP contribution in [0.4, 0.5) is 13.2 Å². The normalized spacial score (nSPS) is 21.2. The Hall–Kier alpha value is -1.37. The van der Waals surface area contributed by atoms with Crippen LogP contribution in [-0.4, -0.2) is 19.5 Å². The van der Waals surface area contributed by atoms with E-state index in [1.54, 1.807) is 0 Å². The largest absolute Gasteiger partial charge is 0.416 e. The van der Waals surface area contributed by atoms with Crippen molar-refractivity contribution < 1.29 is 26.4 Å². The zero-order chi connectivity index (χ0) is 14.4. The van der Waals surface area contributed by atoms with Gasteiger partial charge in [0.15, 0.2) is 9.84 Å². The molecule has 0 bridgehead atoms. The van der Waals surface area contributed by atoms with E-state index >= 15 is 0 Å². The van der Waals surface area contributed by atoms with E-state index in [4.69, 9.17) is 0 Å². The maximum atomic E-state index is 12.6. The minimum Gasteiger partial charge on any atom is -0.300 e. The van der Waals surface area contributed by atoms with Crippen molar-refractivity contribution in [1.82, 2.24) is 0 Å². The number of alkyl halides is 3. The van der Waals surface area contributed by atoms with E-state index in [0.29, 0.717) is 11.6 Å². The molecule has 1 aromatic carbocycles. The Kier molecular flexibility index (Phi) is 3.20. The van der Waals surface area contributed by atoms with Gasteiger partial charge in [-0.25, -0.2) is 8.42 Å². The molecule has 0 aliphatic carbocycles. The standard InChI is InChI=1S/C12H11F3O3S/c1-7(16)4-10-5-8-2-3-9(12(13,14)15)6-11(8)19(10,17)18/h2-3,6,10H,4-5H2,1H3. The molecule has 0 radical (unpaired) electrons. The van der Waals surface area contributed by atoms with E-state index in [1.807, 2.05) is 0 Å². The fourth-order valence-electron chi connectivity index (χ4n) is 2.20. The van der Waals surface area contributed by atoms with Gasteiger partial charge in [-0.05, 0) is 31.0 Å². The Morgan fingerprint density at radius 2 is 2.00 bits per heavy atom. The Morgan fingerprint density at radius 1 is 1.37 bits per heavy atom. The fraction of sp³-hybridized carbons (Fsp3) is 0.417. The Bertz CT molecular complexity index is 632. The number of sulfone groups is 1. The third-order valence-corrected chi connectivity index (χ3v) is 5.31. The van der Waals surface area contributed by atoms with E-state index in [1.165, 1.54) is 13.0 Å². The molecule has 0 saturated carbocycles. The molecule has 0 saturated heterocycles.